The lowest BCUT2D eigenvalue weighted by Gasteiger charge is -2.40. The van der Waals surface area contributed by atoms with Gasteiger partial charge in [-0.05, 0) is 25.0 Å². The Morgan fingerprint density at radius 3 is 2.78 bits per heavy atom. The van der Waals surface area contributed by atoms with Crippen molar-refractivity contribution in [3.05, 3.63) is 24.3 Å². The van der Waals surface area contributed by atoms with Gasteiger partial charge in [-0.25, -0.2) is 0 Å². The highest BCUT2D eigenvalue weighted by Crippen LogP contribution is 2.24. The van der Waals surface area contributed by atoms with Gasteiger partial charge in [-0.1, -0.05) is 25.0 Å². The van der Waals surface area contributed by atoms with E-state index in [0.29, 0.717) is 11.4 Å². The van der Waals surface area contributed by atoms with Gasteiger partial charge in [0.05, 0.1) is 25.3 Å². The van der Waals surface area contributed by atoms with Crippen molar-refractivity contribution in [1.82, 2.24) is 10.6 Å². The van der Waals surface area contributed by atoms with Gasteiger partial charge in [0.15, 0.2) is 0 Å². The maximum absolute atomic E-state index is 12.3. The largest absolute Gasteiger partial charge is 0.495 e. The van der Waals surface area contributed by atoms with Crippen molar-refractivity contribution in [3.63, 3.8) is 0 Å². The third-order valence-corrected chi connectivity index (χ3v) is 4.60. The Labute approximate surface area is 136 Å². The van der Waals surface area contributed by atoms with Crippen LogP contribution in [0.4, 0.5) is 5.69 Å². The van der Waals surface area contributed by atoms with E-state index in [1.54, 1.807) is 19.2 Å². The number of ether oxygens (including phenoxy) is 1. The van der Waals surface area contributed by atoms with Crippen LogP contribution in [-0.2, 0) is 9.59 Å². The van der Waals surface area contributed by atoms with Crippen molar-refractivity contribution in [2.24, 2.45) is 0 Å². The highest BCUT2D eigenvalue weighted by Gasteiger charge is 2.36. The molecule has 1 saturated heterocycles. The van der Waals surface area contributed by atoms with Crippen LogP contribution >= 0.6 is 0 Å². The predicted molar refractivity (Wildman–Crippen MR) is 87.4 cm³/mol. The summed E-state index contributed by atoms with van der Waals surface area (Å²) < 4.78 is 5.22. The molecule has 23 heavy (non-hydrogen) atoms. The number of amides is 2. The van der Waals surface area contributed by atoms with Crippen LogP contribution in [0.1, 0.15) is 32.1 Å². The van der Waals surface area contributed by atoms with Gasteiger partial charge in [-0.15, -0.1) is 0 Å². The molecule has 0 radical (unpaired) electrons. The summed E-state index contributed by atoms with van der Waals surface area (Å²) in [7, 11) is 1.56. The molecule has 0 bridgehead atoms. The number of para-hydroxylation sites is 2. The monoisotopic (exact) mass is 317 g/mol. The normalized spacial score (nSPS) is 26.8. The van der Waals surface area contributed by atoms with Gasteiger partial charge in [0.25, 0.3) is 0 Å². The number of rotatable bonds is 4. The van der Waals surface area contributed by atoms with Crippen LogP contribution in [0.15, 0.2) is 24.3 Å². The average Bonchev–Trinajstić information content (AvgIpc) is 2.56. The molecule has 6 heteroatoms. The summed E-state index contributed by atoms with van der Waals surface area (Å²) in [5.41, 5.74) is 0.617. The van der Waals surface area contributed by atoms with Crippen LogP contribution in [0.5, 0.6) is 5.75 Å². The van der Waals surface area contributed by atoms with Crippen LogP contribution in [0.25, 0.3) is 0 Å². The summed E-state index contributed by atoms with van der Waals surface area (Å²) in [6.07, 6.45) is 4.51. The quantitative estimate of drug-likeness (QED) is 0.785. The molecule has 1 aliphatic heterocycles. The first kappa shape index (κ1) is 15.8. The van der Waals surface area contributed by atoms with Crippen LogP contribution in [0, 0.1) is 0 Å². The number of hydrogen-bond donors (Lipinski definition) is 3. The SMILES string of the molecule is COc1ccccc1NC(=O)CC1NC2CCCCC2NC1=O. The van der Waals surface area contributed by atoms with Crippen molar-refractivity contribution in [2.75, 3.05) is 12.4 Å². The van der Waals surface area contributed by atoms with Crippen molar-refractivity contribution in [3.8, 4) is 5.75 Å². The first-order valence-corrected chi connectivity index (χ1v) is 8.16. The minimum absolute atomic E-state index is 0.0803. The molecule has 1 aliphatic carbocycles. The Morgan fingerprint density at radius 2 is 2.00 bits per heavy atom. The van der Waals surface area contributed by atoms with E-state index in [4.69, 9.17) is 4.74 Å². The molecular formula is C17H23N3O3. The van der Waals surface area contributed by atoms with E-state index >= 15 is 0 Å². The lowest BCUT2D eigenvalue weighted by atomic mass is 9.87. The Bertz CT molecular complexity index is 590. The van der Waals surface area contributed by atoms with E-state index in [0.717, 1.165) is 19.3 Å². The molecule has 3 atom stereocenters. The molecule has 2 fully saturated rings. The summed E-state index contributed by atoms with van der Waals surface area (Å²) in [5, 5.41) is 9.22. The van der Waals surface area contributed by atoms with Crippen LogP contribution in [0.3, 0.4) is 0 Å². The smallest absolute Gasteiger partial charge is 0.237 e. The summed E-state index contributed by atoms with van der Waals surface area (Å²) in [5.74, 6) is 0.328. The molecule has 124 valence electrons. The lowest BCUT2D eigenvalue weighted by Crippen LogP contribution is -2.65. The lowest BCUT2D eigenvalue weighted by molar-refractivity contribution is -0.129. The van der Waals surface area contributed by atoms with E-state index in [2.05, 4.69) is 16.0 Å². The van der Waals surface area contributed by atoms with Gasteiger partial charge in [-0.2, -0.15) is 0 Å². The van der Waals surface area contributed by atoms with Crippen molar-refractivity contribution in [1.29, 1.82) is 0 Å². The third-order valence-electron chi connectivity index (χ3n) is 4.60. The minimum atomic E-state index is -0.468. The zero-order valence-electron chi connectivity index (χ0n) is 13.3. The van der Waals surface area contributed by atoms with E-state index in [1.165, 1.54) is 6.42 Å². The molecule has 6 nitrogen and oxygen atoms in total. The molecule has 2 aliphatic rings. The number of nitrogens with one attached hydrogen (secondary N) is 3. The van der Waals surface area contributed by atoms with Crippen LogP contribution in [0.2, 0.25) is 0 Å². The number of carbonyl (C=O) groups excluding carboxylic acids is 2. The van der Waals surface area contributed by atoms with Gasteiger partial charge >= 0.3 is 0 Å². The van der Waals surface area contributed by atoms with Gasteiger partial charge in [0, 0.05) is 12.1 Å². The molecule has 3 unspecified atom stereocenters. The molecule has 1 saturated carbocycles. The zero-order valence-corrected chi connectivity index (χ0v) is 13.3. The summed E-state index contributed by atoms with van der Waals surface area (Å²) in [6.45, 7) is 0. The first-order chi connectivity index (χ1) is 11.2. The number of carbonyl (C=O) groups is 2. The zero-order chi connectivity index (χ0) is 16.2. The second-order valence-corrected chi connectivity index (χ2v) is 6.18. The van der Waals surface area contributed by atoms with Gasteiger partial charge in [0.2, 0.25) is 11.8 Å². The first-order valence-electron chi connectivity index (χ1n) is 8.16. The molecule has 1 heterocycles. The summed E-state index contributed by atoms with van der Waals surface area (Å²) in [4.78, 5) is 24.4. The summed E-state index contributed by atoms with van der Waals surface area (Å²) >= 11 is 0. The highest BCUT2D eigenvalue weighted by atomic mass is 16.5. The Kier molecular flexibility index (Phi) is 4.81. The molecule has 3 rings (SSSR count). The maximum atomic E-state index is 12.3. The number of anilines is 1. The number of fused-ring (bicyclic) bond motifs is 1. The second kappa shape index (κ2) is 7.00. The number of benzene rings is 1. The molecule has 1 aromatic carbocycles. The number of methoxy groups -OCH3 is 1. The highest BCUT2D eigenvalue weighted by molar-refractivity contribution is 5.96. The Balaban J connectivity index is 1.60. The van der Waals surface area contributed by atoms with Crippen molar-refractivity contribution >= 4 is 17.5 Å². The fraction of sp³-hybridized carbons (Fsp3) is 0.529. The maximum Gasteiger partial charge on any atom is 0.237 e. The fourth-order valence-corrected chi connectivity index (χ4v) is 3.41. The Hall–Kier alpha value is -2.08. The van der Waals surface area contributed by atoms with Crippen LogP contribution in [-0.4, -0.2) is 37.0 Å². The number of hydrogen-bond acceptors (Lipinski definition) is 4. The molecular weight excluding hydrogens is 294 g/mol. The average molecular weight is 317 g/mol. The van der Waals surface area contributed by atoms with E-state index < -0.39 is 6.04 Å². The third kappa shape index (κ3) is 3.64. The second-order valence-electron chi connectivity index (χ2n) is 6.18. The predicted octanol–water partition coefficient (Wildman–Crippen LogP) is 1.42. The standard InChI is InChI=1S/C17H23N3O3/c1-23-15-9-5-4-8-13(15)19-16(21)10-14-17(22)20-12-7-3-2-6-11(12)18-14/h4-5,8-9,11-12,14,18H,2-3,6-7,10H2,1H3,(H,19,21)(H,20,22). The Morgan fingerprint density at radius 1 is 1.26 bits per heavy atom. The molecule has 0 aromatic heterocycles. The topological polar surface area (TPSA) is 79.5 Å². The van der Waals surface area contributed by atoms with E-state index in [1.807, 2.05) is 12.1 Å². The minimum Gasteiger partial charge on any atom is -0.495 e. The molecule has 3 N–H and O–H groups in total. The fourth-order valence-electron chi connectivity index (χ4n) is 3.41. The van der Waals surface area contributed by atoms with Crippen LogP contribution < -0.4 is 20.7 Å². The number of piperazine rings is 1. The summed E-state index contributed by atoms with van der Waals surface area (Å²) in [6, 6.07) is 7.26. The molecule has 1 aromatic rings. The van der Waals surface area contributed by atoms with Crippen molar-refractivity contribution < 1.29 is 14.3 Å². The van der Waals surface area contributed by atoms with E-state index in [-0.39, 0.29) is 30.3 Å². The molecule has 2 amide bonds. The van der Waals surface area contributed by atoms with Crippen molar-refractivity contribution in [2.45, 2.75) is 50.2 Å². The molecule has 0 spiro atoms. The van der Waals surface area contributed by atoms with Gasteiger partial charge < -0.3 is 20.7 Å². The van der Waals surface area contributed by atoms with Gasteiger partial charge in [0.1, 0.15) is 5.75 Å². The van der Waals surface area contributed by atoms with E-state index in [9.17, 15) is 9.59 Å². The van der Waals surface area contributed by atoms with Gasteiger partial charge in [-0.3, -0.25) is 9.59 Å².